The molecule has 1 rings (SSSR count). The maximum Gasteiger partial charge on any atom is 0.418 e. The monoisotopic (exact) mass is 338 g/mol. The zero-order chi connectivity index (χ0) is 14.5. The van der Waals surface area contributed by atoms with Crippen LogP contribution in [0, 0.1) is 0 Å². The highest BCUT2D eigenvalue weighted by Gasteiger charge is 2.33. The second-order valence-electron chi connectivity index (χ2n) is 4.14. The molecule has 0 atom stereocenters. The lowest BCUT2D eigenvalue weighted by Gasteiger charge is -2.20. The Labute approximate surface area is 120 Å². The molecule has 1 aromatic carbocycles. The Hall–Kier alpha value is -0.750. The topological polar surface area (TPSA) is 15.3 Å². The molecule has 0 heterocycles. The van der Waals surface area contributed by atoms with Gasteiger partial charge in [0, 0.05) is 23.2 Å². The average molecular weight is 339 g/mol. The first-order chi connectivity index (χ1) is 8.88. The van der Waals surface area contributed by atoms with E-state index in [0.29, 0.717) is 11.0 Å². The number of nitrogens with one attached hydrogen (secondary N) is 1. The molecule has 0 saturated carbocycles. The molecule has 108 valence electrons. The van der Waals surface area contributed by atoms with Gasteiger partial charge in [0.1, 0.15) is 0 Å². The normalized spacial score (nSPS) is 11.9. The highest BCUT2D eigenvalue weighted by atomic mass is 79.9. The van der Waals surface area contributed by atoms with E-state index in [1.807, 2.05) is 13.8 Å². The molecule has 0 unspecified atom stereocenters. The summed E-state index contributed by atoms with van der Waals surface area (Å²) in [6.45, 7) is 7.05. The van der Waals surface area contributed by atoms with E-state index in [1.165, 1.54) is 12.1 Å². The molecule has 0 aromatic heterocycles. The largest absolute Gasteiger partial charge is 0.418 e. The van der Waals surface area contributed by atoms with E-state index < -0.39 is 11.7 Å². The summed E-state index contributed by atoms with van der Waals surface area (Å²) < 4.78 is 39.1. The van der Waals surface area contributed by atoms with E-state index in [1.54, 1.807) is 0 Å². The van der Waals surface area contributed by atoms with Gasteiger partial charge in [0.05, 0.1) is 5.56 Å². The summed E-state index contributed by atoms with van der Waals surface area (Å²) in [4.78, 5) is 2.15. The fourth-order valence-electron chi connectivity index (χ4n) is 1.80. The van der Waals surface area contributed by atoms with Gasteiger partial charge in [-0.25, -0.2) is 0 Å². The van der Waals surface area contributed by atoms with Gasteiger partial charge in [0.25, 0.3) is 0 Å². The van der Waals surface area contributed by atoms with Gasteiger partial charge >= 0.3 is 6.18 Å². The van der Waals surface area contributed by atoms with Gasteiger partial charge < -0.3 is 10.2 Å². The predicted molar refractivity (Wildman–Crippen MR) is 75.4 cm³/mol. The second-order valence-corrected chi connectivity index (χ2v) is 5.06. The van der Waals surface area contributed by atoms with Crippen LogP contribution in [0.15, 0.2) is 22.7 Å². The van der Waals surface area contributed by atoms with Crippen molar-refractivity contribution < 1.29 is 13.2 Å². The molecule has 2 nitrogen and oxygen atoms in total. The summed E-state index contributed by atoms with van der Waals surface area (Å²) >= 11 is 3.19. The van der Waals surface area contributed by atoms with E-state index in [4.69, 9.17) is 0 Å². The van der Waals surface area contributed by atoms with Crippen molar-refractivity contribution in [2.24, 2.45) is 0 Å². The van der Waals surface area contributed by atoms with Gasteiger partial charge in [0.15, 0.2) is 0 Å². The minimum absolute atomic E-state index is 0.119. The molecule has 0 aliphatic carbocycles. The lowest BCUT2D eigenvalue weighted by molar-refractivity contribution is -0.137. The van der Waals surface area contributed by atoms with Crippen LogP contribution in [0.25, 0.3) is 0 Å². The van der Waals surface area contributed by atoms with Crippen LogP contribution in [-0.2, 0) is 6.18 Å². The Kier molecular flexibility index (Phi) is 6.13. The third-order valence-corrected chi connectivity index (χ3v) is 3.42. The molecular weight excluding hydrogens is 321 g/mol. The number of halogens is 4. The summed E-state index contributed by atoms with van der Waals surface area (Å²) in [7, 11) is 0. The lowest BCUT2D eigenvalue weighted by Crippen LogP contribution is -2.29. The third kappa shape index (κ3) is 5.03. The van der Waals surface area contributed by atoms with E-state index >= 15 is 0 Å². The van der Waals surface area contributed by atoms with Crippen molar-refractivity contribution in [3.8, 4) is 0 Å². The van der Waals surface area contributed by atoms with E-state index in [9.17, 15) is 13.2 Å². The van der Waals surface area contributed by atoms with Crippen molar-refractivity contribution in [2.75, 3.05) is 31.5 Å². The highest BCUT2D eigenvalue weighted by Crippen LogP contribution is 2.36. The number of hydrogen-bond donors (Lipinski definition) is 1. The summed E-state index contributed by atoms with van der Waals surface area (Å²) in [5, 5.41) is 2.87. The number of hydrogen-bond acceptors (Lipinski definition) is 2. The first kappa shape index (κ1) is 16.3. The Balaban J connectivity index is 2.74. The van der Waals surface area contributed by atoms with Gasteiger partial charge in [-0.15, -0.1) is 0 Å². The molecule has 1 N–H and O–H groups in total. The zero-order valence-corrected chi connectivity index (χ0v) is 12.6. The molecule has 0 aliphatic rings. The van der Waals surface area contributed by atoms with Crippen LogP contribution in [0.3, 0.4) is 0 Å². The van der Waals surface area contributed by atoms with Crippen LogP contribution in [0.1, 0.15) is 19.4 Å². The first-order valence-corrected chi connectivity index (χ1v) is 7.00. The van der Waals surface area contributed by atoms with Crippen molar-refractivity contribution in [1.29, 1.82) is 0 Å². The smallest absolute Gasteiger partial charge is 0.383 e. The molecule has 0 aliphatic heterocycles. The van der Waals surface area contributed by atoms with Crippen molar-refractivity contribution in [3.63, 3.8) is 0 Å². The Bertz CT molecular complexity index is 403. The molecule has 0 bridgehead atoms. The van der Waals surface area contributed by atoms with Gasteiger partial charge in [-0.1, -0.05) is 29.8 Å². The second kappa shape index (κ2) is 7.14. The van der Waals surface area contributed by atoms with Crippen molar-refractivity contribution in [2.45, 2.75) is 20.0 Å². The average Bonchev–Trinajstić information content (AvgIpc) is 2.33. The number of anilines is 1. The number of rotatable bonds is 6. The van der Waals surface area contributed by atoms with E-state index in [-0.39, 0.29) is 5.69 Å². The van der Waals surface area contributed by atoms with Crippen LogP contribution in [0.5, 0.6) is 0 Å². The molecule has 1 aromatic rings. The lowest BCUT2D eigenvalue weighted by atomic mass is 10.1. The summed E-state index contributed by atoms with van der Waals surface area (Å²) in [5.41, 5.74) is -0.510. The SMILES string of the molecule is CCN(CC)CCNc1cc(Br)ccc1C(F)(F)F. The van der Waals surface area contributed by atoms with Crippen LogP contribution < -0.4 is 5.32 Å². The maximum atomic E-state index is 12.8. The minimum Gasteiger partial charge on any atom is -0.383 e. The molecule has 19 heavy (non-hydrogen) atoms. The van der Waals surface area contributed by atoms with Crippen LogP contribution in [0.4, 0.5) is 18.9 Å². The van der Waals surface area contributed by atoms with E-state index in [0.717, 1.165) is 25.7 Å². The molecule has 0 saturated heterocycles. The van der Waals surface area contributed by atoms with Crippen molar-refractivity contribution >= 4 is 21.6 Å². The molecule has 0 amide bonds. The third-order valence-electron chi connectivity index (χ3n) is 2.92. The Morgan fingerprint density at radius 2 is 1.84 bits per heavy atom. The zero-order valence-electron chi connectivity index (χ0n) is 11.0. The molecule has 0 radical (unpaired) electrons. The fraction of sp³-hybridized carbons (Fsp3) is 0.538. The van der Waals surface area contributed by atoms with Crippen LogP contribution in [-0.4, -0.2) is 31.1 Å². The quantitative estimate of drug-likeness (QED) is 0.835. The number of alkyl halides is 3. The Morgan fingerprint density at radius 1 is 1.21 bits per heavy atom. The van der Waals surface area contributed by atoms with Gasteiger partial charge in [-0.05, 0) is 31.3 Å². The van der Waals surface area contributed by atoms with Crippen molar-refractivity contribution in [1.82, 2.24) is 4.90 Å². The van der Waals surface area contributed by atoms with Crippen LogP contribution in [0.2, 0.25) is 0 Å². The first-order valence-electron chi connectivity index (χ1n) is 6.21. The number of benzene rings is 1. The summed E-state index contributed by atoms with van der Waals surface area (Å²) in [6.07, 6.45) is -4.34. The maximum absolute atomic E-state index is 12.8. The van der Waals surface area contributed by atoms with Gasteiger partial charge in [0.2, 0.25) is 0 Å². The fourth-order valence-corrected chi connectivity index (χ4v) is 2.16. The number of likely N-dealkylation sites (N-methyl/N-ethyl adjacent to an activating group) is 1. The van der Waals surface area contributed by atoms with E-state index in [2.05, 4.69) is 26.1 Å². The molecule has 6 heteroatoms. The van der Waals surface area contributed by atoms with Crippen LogP contribution >= 0.6 is 15.9 Å². The standard InChI is InChI=1S/C13H18BrF3N2/c1-3-19(4-2)8-7-18-12-9-10(14)5-6-11(12)13(15,16)17/h5-6,9,18H,3-4,7-8H2,1-2H3. The predicted octanol–water partition coefficient (Wildman–Crippen LogP) is 4.22. The summed E-state index contributed by atoms with van der Waals surface area (Å²) in [6, 6.07) is 3.95. The Morgan fingerprint density at radius 3 is 2.37 bits per heavy atom. The summed E-state index contributed by atoms with van der Waals surface area (Å²) in [5.74, 6) is 0. The minimum atomic E-state index is -4.34. The number of nitrogens with zero attached hydrogens (tertiary/aromatic N) is 1. The van der Waals surface area contributed by atoms with Gasteiger partial charge in [-0.3, -0.25) is 0 Å². The molecule has 0 fully saturated rings. The van der Waals surface area contributed by atoms with Gasteiger partial charge in [-0.2, -0.15) is 13.2 Å². The molecular formula is C13H18BrF3N2. The van der Waals surface area contributed by atoms with Crippen molar-refractivity contribution in [3.05, 3.63) is 28.2 Å². The highest BCUT2D eigenvalue weighted by molar-refractivity contribution is 9.10. The molecule has 0 spiro atoms.